The largest absolute Gasteiger partial charge is 0.370 e. The Labute approximate surface area is 118 Å². The zero-order valence-electron chi connectivity index (χ0n) is 11.6. The Morgan fingerprint density at radius 2 is 2.20 bits per heavy atom. The van der Waals surface area contributed by atoms with Crippen LogP contribution < -0.4 is 11.1 Å². The molecule has 3 N–H and O–H groups in total. The lowest BCUT2D eigenvalue weighted by Gasteiger charge is -2.08. The molecule has 5 nitrogen and oxygen atoms in total. The van der Waals surface area contributed by atoms with E-state index in [0.717, 1.165) is 17.8 Å². The van der Waals surface area contributed by atoms with Crippen molar-refractivity contribution in [1.29, 1.82) is 0 Å². The summed E-state index contributed by atoms with van der Waals surface area (Å²) in [5, 5.41) is 7.26. The van der Waals surface area contributed by atoms with E-state index in [9.17, 15) is 0 Å². The Kier molecular flexibility index (Phi) is 3.41. The summed E-state index contributed by atoms with van der Waals surface area (Å²) in [5.74, 6) is 0.434. The highest BCUT2D eigenvalue weighted by Gasteiger charge is 2.10. The van der Waals surface area contributed by atoms with Gasteiger partial charge in [-0.15, -0.1) is 0 Å². The van der Waals surface area contributed by atoms with Crippen LogP contribution in [0.25, 0.3) is 0 Å². The van der Waals surface area contributed by atoms with Gasteiger partial charge >= 0.3 is 0 Å². The van der Waals surface area contributed by atoms with Gasteiger partial charge in [-0.3, -0.25) is 4.68 Å². The van der Waals surface area contributed by atoms with Crippen molar-refractivity contribution in [3.8, 4) is 0 Å². The zero-order chi connectivity index (χ0) is 13.9. The Morgan fingerprint density at radius 3 is 3.00 bits per heavy atom. The molecule has 0 atom stereocenters. The minimum atomic E-state index is 0.434. The fraction of sp³-hybridized carbons (Fsp3) is 0.333. The topological polar surface area (TPSA) is 68.2 Å². The third-order valence-corrected chi connectivity index (χ3v) is 3.70. The van der Waals surface area contributed by atoms with Gasteiger partial charge in [-0.2, -0.15) is 5.10 Å². The van der Waals surface area contributed by atoms with Crippen LogP contribution in [0.5, 0.6) is 0 Å². The van der Waals surface area contributed by atoms with E-state index in [4.69, 9.17) is 5.73 Å². The van der Waals surface area contributed by atoms with Crippen LogP contribution in [-0.2, 0) is 26.4 Å². The predicted octanol–water partition coefficient (Wildman–Crippen LogP) is 1.84. The van der Waals surface area contributed by atoms with E-state index in [1.165, 1.54) is 24.0 Å². The van der Waals surface area contributed by atoms with Gasteiger partial charge in [-0.1, -0.05) is 6.07 Å². The second-order valence-electron chi connectivity index (χ2n) is 5.11. The molecule has 0 unspecified atom stereocenters. The lowest BCUT2D eigenvalue weighted by atomic mass is 10.1. The van der Waals surface area contributed by atoms with Crippen LogP contribution >= 0.6 is 0 Å². The molecule has 0 fully saturated rings. The maximum Gasteiger partial charge on any atom is 0.193 e. The van der Waals surface area contributed by atoms with Crippen LogP contribution in [0.2, 0.25) is 0 Å². The number of guanidine groups is 1. The highest BCUT2D eigenvalue weighted by Crippen LogP contribution is 2.24. The first kappa shape index (κ1) is 12.7. The van der Waals surface area contributed by atoms with Crippen molar-refractivity contribution in [2.45, 2.75) is 25.8 Å². The van der Waals surface area contributed by atoms with Crippen LogP contribution in [0.3, 0.4) is 0 Å². The molecule has 0 spiro atoms. The maximum atomic E-state index is 5.93. The number of aryl methyl sites for hydroxylation is 3. The lowest BCUT2D eigenvalue weighted by molar-refractivity contribution is 0.712. The van der Waals surface area contributed by atoms with Crippen molar-refractivity contribution in [3.05, 3.63) is 47.3 Å². The Hall–Kier alpha value is -2.30. The number of nitrogens with zero attached hydrogens (tertiary/aromatic N) is 3. The molecular formula is C15H19N5. The number of benzene rings is 1. The van der Waals surface area contributed by atoms with Gasteiger partial charge in [0.05, 0.1) is 12.2 Å². The first-order valence-electron chi connectivity index (χ1n) is 6.88. The summed E-state index contributed by atoms with van der Waals surface area (Å²) >= 11 is 0. The molecule has 0 saturated carbocycles. The molecule has 3 rings (SSSR count). The van der Waals surface area contributed by atoms with Gasteiger partial charge in [-0.05, 0) is 48.6 Å². The number of aliphatic imine (C=N–C) groups is 1. The van der Waals surface area contributed by atoms with E-state index in [1.807, 2.05) is 13.1 Å². The van der Waals surface area contributed by atoms with Gasteiger partial charge in [0.2, 0.25) is 0 Å². The Bertz CT molecular complexity index is 641. The fourth-order valence-electron chi connectivity index (χ4n) is 2.56. The smallest absolute Gasteiger partial charge is 0.193 e. The molecule has 1 aromatic heterocycles. The van der Waals surface area contributed by atoms with Crippen molar-refractivity contribution >= 4 is 11.6 Å². The van der Waals surface area contributed by atoms with Crippen molar-refractivity contribution in [3.63, 3.8) is 0 Å². The highest BCUT2D eigenvalue weighted by atomic mass is 15.3. The van der Waals surface area contributed by atoms with Crippen LogP contribution in [-0.4, -0.2) is 15.7 Å². The van der Waals surface area contributed by atoms with Crippen LogP contribution in [0.15, 0.2) is 35.5 Å². The fourth-order valence-corrected chi connectivity index (χ4v) is 2.56. The molecule has 0 aliphatic heterocycles. The van der Waals surface area contributed by atoms with Crippen molar-refractivity contribution in [1.82, 2.24) is 9.78 Å². The summed E-state index contributed by atoms with van der Waals surface area (Å²) in [6, 6.07) is 8.36. The van der Waals surface area contributed by atoms with Gasteiger partial charge in [0.1, 0.15) is 0 Å². The number of hydrogen-bond acceptors (Lipinski definition) is 2. The lowest BCUT2D eigenvalue weighted by Crippen LogP contribution is -2.22. The van der Waals surface area contributed by atoms with E-state index in [1.54, 1.807) is 10.9 Å². The molecule has 0 saturated heterocycles. The third kappa shape index (κ3) is 2.66. The number of nitrogens with two attached hydrogens (primary N) is 1. The average molecular weight is 269 g/mol. The number of hydrogen-bond donors (Lipinski definition) is 2. The highest BCUT2D eigenvalue weighted by molar-refractivity contribution is 5.92. The first-order valence-corrected chi connectivity index (χ1v) is 6.88. The average Bonchev–Trinajstić information content (AvgIpc) is 3.04. The van der Waals surface area contributed by atoms with Crippen LogP contribution in [0, 0.1) is 0 Å². The molecular weight excluding hydrogens is 250 g/mol. The van der Waals surface area contributed by atoms with Crippen molar-refractivity contribution < 1.29 is 0 Å². The minimum Gasteiger partial charge on any atom is -0.370 e. The van der Waals surface area contributed by atoms with Gasteiger partial charge < -0.3 is 11.1 Å². The molecule has 20 heavy (non-hydrogen) atoms. The van der Waals surface area contributed by atoms with E-state index in [2.05, 4.69) is 33.6 Å². The van der Waals surface area contributed by atoms with Crippen molar-refractivity contribution in [2.75, 3.05) is 5.32 Å². The number of fused-ring (bicyclic) bond motifs is 1. The number of aromatic nitrogens is 2. The molecule has 1 aromatic carbocycles. The molecule has 0 amide bonds. The summed E-state index contributed by atoms with van der Waals surface area (Å²) in [6.45, 7) is 0.528. The second-order valence-corrected chi connectivity index (χ2v) is 5.11. The van der Waals surface area contributed by atoms with Gasteiger partial charge in [0, 0.05) is 18.9 Å². The third-order valence-electron chi connectivity index (χ3n) is 3.70. The summed E-state index contributed by atoms with van der Waals surface area (Å²) in [7, 11) is 1.90. The molecule has 5 heteroatoms. The standard InChI is InChI=1S/C15H19N5/c1-20-14(7-8-18-20)10-17-15(16)19-13-6-5-11-3-2-4-12(11)9-13/h5-9H,2-4,10H2,1H3,(H3,16,17,19). The summed E-state index contributed by atoms with van der Waals surface area (Å²) in [6.07, 6.45) is 5.37. The normalized spacial score (nSPS) is 14.3. The summed E-state index contributed by atoms with van der Waals surface area (Å²) in [4.78, 5) is 4.34. The number of nitrogens with one attached hydrogen (secondary N) is 1. The van der Waals surface area contributed by atoms with E-state index < -0.39 is 0 Å². The monoisotopic (exact) mass is 269 g/mol. The molecule has 0 radical (unpaired) electrons. The van der Waals surface area contributed by atoms with Crippen molar-refractivity contribution in [2.24, 2.45) is 17.8 Å². The first-order chi connectivity index (χ1) is 9.72. The van der Waals surface area contributed by atoms with Crippen LogP contribution in [0.4, 0.5) is 5.69 Å². The molecule has 1 aliphatic carbocycles. The minimum absolute atomic E-state index is 0.434. The quantitative estimate of drug-likeness (QED) is 0.660. The molecule has 1 heterocycles. The van der Waals surface area contributed by atoms with Gasteiger partial charge in [0.25, 0.3) is 0 Å². The number of rotatable bonds is 3. The van der Waals surface area contributed by atoms with Gasteiger partial charge in [0.15, 0.2) is 5.96 Å². The SMILES string of the molecule is Cn1nccc1CN=C(N)Nc1ccc2c(c1)CCC2. The maximum absolute atomic E-state index is 5.93. The zero-order valence-corrected chi connectivity index (χ0v) is 11.6. The molecule has 2 aromatic rings. The van der Waals surface area contributed by atoms with E-state index in [-0.39, 0.29) is 0 Å². The van der Waals surface area contributed by atoms with Gasteiger partial charge in [-0.25, -0.2) is 4.99 Å². The number of anilines is 1. The Morgan fingerprint density at radius 1 is 1.35 bits per heavy atom. The summed E-state index contributed by atoms with van der Waals surface area (Å²) < 4.78 is 1.80. The second kappa shape index (κ2) is 5.36. The molecule has 1 aliphatic rings. The predicted molar refractivity (Wildman–Crippen MR) is 80.6 cm³/mol. The Balaban J connectivity index is 1.66. The van der Waals surface area contributed by atoms with Crippen LogP contribution in [0.1, 0.15) is 23.2 Å². The summed E-state index contributed by atoms with van der Waals surface area (Å²) in [5.41, 5.74) is 10.9. The van der Waals surface area contributed by atoms with E-state index in [0.29, 0.717) is 12.5 Å². The molecule has 0 bridgehead atoms. The molecule has 104 valence electrons. The van der Waals surface area contributed by atoms with E-state index >= 15 is 0 Å².